The fourth-order valence-electron chi connectivity index (χ4n) is 1.06. The molecule has 0 saturated heterocycles. The molecule has 2 aromatic heterocycles. The molecule has 0 aliphatic heterocycles. The maximum atomic E-state index is 4.07. The van der Waals surface area contributed by atoms with E-state index in [0.29, 0.717) is 0 Å². The van der Waals surface area contributed by atoms with Crippen molar-refractivity contribution >= 4 is 5.82 Å². The van der Waals surface area contributed by atoms with E-state index >= 15 is 0 Å². The van der Waals surface area contributed by atoms with Gasteiger partial charge in [-0.2, -0.15) is 0 Å². The van der Waals surface area contributed by atoms with Crippen molar-refractivity contribution in [2.75, 3.05) is 5.43 Å². The van der Waals surface area contributed by atoms with Gasteiger partial charge in [-0.1, -0.05) is 0 Å². The van der Waals surface area contributed by atoms with Gasteiger partial charge < -0.3 is 0 Å². The summed E-state index contributed by atoms with van der Waals surface area (Å²) in [5.41, 5.74) is 4.04. The van der Waals surface area contributed by atoms with Gasteiger partial charge in [0.25, 0.3) is 0 Å². The van der Waals surface area contributed by atoms with Gasteiger partial charge in [0.05, 0.1) is 0 Å². The van der Waals surface area contributed by atoms with E-state index in [1.54, 1.807) is 6.33 Å². The zero-order chi connectivity index (χ0) is 9.10. The Morgan fingerprint density at radius 1 is 1.23 bits per heavy atom. The van der Waals surface area contributed by atoms with Crippen LogP contribution < -0.4 is 5.43 Å². The van der Waals surface area contributed by atoms with Gasteiger partial charge in [0.2, 0.25) is 0 Å². The van der Waals surface area contributed by atoms with E-state index < -0.39 is 0 Å². The van der Waals surface area contributed by atoms with Gasteiger partial charge in [-0.25, -0.2) is 9.97 Å². The van der Waals surface area contributed by atoms with Gasteiger partial charge in [0.15, 0.2) is 0 Å². The van der Waals surface area contributed by atoms with Crippen LogP contribution in [-0.4, -0.2) is 14.6 Å². The van der Waals surface area contributed by atoms with Crippen LogP contribution in [0.2, 0.25) is 0 Å². The smallest absolute Gasteiger partial charge is 0.148 e. The van der Waals surface area contributed by atoms with Gasteiger partial charge in [-0.3, -0.25) is 10.1 Å². The summed E-state index contributed by atoms with van der Waals surface area (Å²) in [7, 11) is 0. The quantitative estimate of drug-likeness (QED) is 0.749. The summed E-state index contributed by atoms with van der Waals surface area (Å²) in [6.07, 6.45) is 5.37. The molecule has 0 bridgehead atoms. The van der Waals surface area contributed by atoms with Crippen molar-refractivity contribution in [1.29, 1.82) is 0 Å². The van der Waals surface area contributed by atoms with Crippen LogP contribution >= 0.6 is 0 Å². The first kappa shape index (κ1) is 7.79. The first-order valence-corrected chi connectivity index (χ1v) is 4.03. The van der Waals surface area contributed by atoms with Crippen LogP contribution in [0.25, 0.3) is 0 Å². The molecule has 2 heterocycles. The molecule has 0 atom stereocenters. The second-order valence-corrected chi connectivity index (χ2v) is 2.75. The highest BCUT2D eigenvalue weighted by molar-refractivity contribution is 5.34. The number of anilines is 1. The Kier molecular flexibility index (Phi) is 1.96. The third-order valence-electron chi connectivity index (χ3n) is 1.65. The number of nitrogens with one attached hydrogen (secondary N) is 1. The predicted octanol–water partition coefficient (Wildman–Crippen LogP) is 1.46. The maximum absolute atomic E-state index is 4.07. The molecular formula is C9H10N4. The molecule has 0 spiro atoms. The minimum atomic E-state index is 0.795. The van der Waals surface area contributed by atoms with Crippen LogP contribution in [0.15, 0.2) is 36.9 Å². The lowest BCUT2D eigenvalue weighted by Gasteiger charge is -2.05. The second kappa shape index (κ2) is 3.26. The van der Waals surface area contributed by atoms with Crippen LogP contribution in [0.4, 0.5) is 5.82 Å². The Hall–Kier alpha value is -1.84. The largest absolute Gasteiger partial charge is 0.278 e. The molecule has 0 aromatic carbocycles. The Morgan fingerprint density at radius 2 is 2.00 bits per heavy atom. The number of hydrogen-bond acceptors (Lipinski definition) is 3. The molecule has 0 fully saturated rings. The zero-order valence-electron chi connectivity index (χ0n) is 7.31. The number of nitrogens with zero attached hydrogens (tertiary/aromatic N) is 3. The van der Waals surface area contributed by atoms with Crippen LogP contribution in [0.1, 0.15) is 5.69 Å². The van der Waals surface area contributed by atoms with Crippen LogP contribution in [0.5, 0.6) is 0 Å². The summed E-state index contributed by atoms with van der Waals surface area (Å²) >= 11 is 0. The monoisotopic (exact) mass is 174 g/mol. The minimum absolute atomic E-state index is 0.795. The first-order valence-electron chi connectivity index (χ1n) is 4.03. The molecule has 0 unspecified atom stereocenters. The van der Waals surface area contributed by atoms with E-state index in [1.165, 1.54) is 0 Å². The summed E-state index contributed by atoms with van der Waals surface area (Å²) in [6.45, 7) is 1.93. The van der Waals surface area contributed by atoms with Gasteiger partial charge >= 0.3 is 0 Å². The highest BCUT2D eigenvalue weighted by Gasteiger charge is 1.93. The van der Waals surface area contributed by atoms with Crippen molar-refractivity contribution < 1.29 is 0 Å². The van der Waals surface area contributed by atoms with Crippen molar-refractivity contribution in [3.05, 3.63) is 42.6 Å². The molecule has 0 aliphatic rings. The van der Waals surface area contributed by atoms with Gasteiger partial charge in [-0.05, 0) is 19.1 Å². The van der Waals surface area contributed by atoms with E-state index in [-0.39, 0.29) is 0 Å². The molecule has 4 nitrogen and oxygen atoms in total. The topological polar surface area (TPSA) is 42.7 Å². The lowest BCUT2D eigenvalue weighted by Crippen LogP contribution is -2.07. The summed E-state index contributed by atoms with van der Waals surface area (Å²) in [6, 6.07) is 5.78. The highest BCUT2D eigenvalue weighted by Crippen LogP contribution is 2.02. The van der Waals surface area contributed by atoms with Gasteiger partial charge in [0.1, 0.15) is 12.1 Å². The van der Waals surface area contributed by atoms with Crippen LogP contribution in [-0.2, 0) is 0 Å². The molecule has 66 valence electrons. The second-order valence-electron chi connectivity index (χ2n) is 2.75. The van der Waals surface area contributed by atoms with Crippen LogP contribution in [0.3, 0.4) is 0 Å². The predicted molar refractivity (Wildman–Crippen MR) is 50.2 cm³/mol. The lowest BCUT2D eigenvalue weighted by atomic mass is 10.4. The number of aryl methyl sites for hydroxylation is 1. The molecule has 0 amide bonds. The van der Waals surface area contributed by atoms with Gasteiger partial charge in [0, 0.05) is 24.2 Å². The molecule has 0 aliphatic carbocycles. The fourth-order valence-corrected chi connectivity index (χ4v) is 1.06. The molecule has 2 rings (SSSR count). The standard InChI is InChI=1S/C9H10N4/c1-8-6-9(11-7-10-8)12-13-4-2-3-5-13/h2-7H,1H3,(H,10,11,12). The van der Waals surface area contributed by atoms with Crippen molar-refractivity contribution in [3.8, 4) is 0 Å². The fraction of sp³-hybridized carbons (Fsp3) is 0.111. The van der Waals surface area contributed by atoms with E-state index in [2.05, 4.69) is 15.4 Å². The summed E-state index contributed by atoms with van der Waals surface area (Å²) < 4.78 is 1.84. The number of rotatable bonds is 2. The summed E-state index contributed by atoms with van der Waals surface area (Å²) in [4.78, 5) is 8.08. The molecule has 13 heavy (non-hydrogen) atoms. The Balaban J connectivity index is 2.19. The average molecular weight is 174 g/mol. The van der Waals surface area contributed by atoms with Crippen molar-refractivity contribution in [2.24, 2.45) is 0 Å². The van der Waals surface area contributed by atoms with Crippen LogP contribution in [0, 0.1) is 6.92 Å². The van der Waals surface area contributed by atoms with Crippen molar-refractivity contribution in [1.82, 2.24) is 14.6 Å². The Bertz CT molecular complexity index is 380. The zero-order valence-corrected chi connectivity index (χ0v) is 7.31. The van der Waals surface area contributed by atoms with E-state index in [1.807, 2.05) is 42.2 Å². The minimum Gasteiger partial charge on any atom is -0.278 e. The first-order chi connectivity index (χ1) is 6.34. The molecule has 2 aromatic rings. The van der Waals surface area contributed by atoms with E-state index in [4.69, 9.17) is 0 Å². The molecule has 1 N–H and O–H groups in total. The number of hydrogen-bond donors (Lipinski definition) is 1. The lowest BCUT2D eigenvalue weighted by molar-refractivity contribution is 0.941. The summed E-state index contributed by atoms with van der Waals surface area (Å²) in [5, 5.41) is 0. The molecule has 4 heteroatoms. The number of aromatic nitrogens is 3. The van der Waals surface area contributed by atoms with Crippen molar-refractivity contribution in [2.45, 2.75) is 6.92 Å². The van der Waals surface area contributed by atoms with Crippen molar-refractivity contribution in [3.63, 3.8) is 0 Å². The Labute approximate surface area is 76.2 Å². The average Bonchev–Trinajstić information content (AvgIpc) is 2.57. The maximum Gasteiger partial charge on any atom is 0.148 e. The third-order valence-corrected chi connectivity index (χ3v) is 1.65. The molecular weight excluding hydrogens is 164 g/mol. The Morgan fingerprint density at radius 3 is 2.69 bits per heavy atom. The van der Waals surface area contributed by atoms with E-state index in [0.717, 1.165) is 11.5 Å². The molecule has 0 radical (unpaired) electrons. The molecule has 0 saturated carbocycles. The highest BCUT2D eigenvalue weighted by atomic mass is 15.4. The van der Waals surface area contributed by atoms with Gasteiger partial charge in [-0.15, -0.1) is 0 Å². The normalized spacial score (nSPS) is 9.92. The SMILES string of the molecule is Cc1cc(Nn2cccc2)ncn1. The summed E-state index contributed by atoms with van der Waals surface area (Å²) in [5.74, 6) is 0.795. The van der Waals surface area contributed by atoms with E-state index in [9.17, 15) is 0 Å². The third kappa shape index (κ3) is 1.84.